The molecule has 4 unspecified atom stereocenters. The largest absolute Gasteiger partial charge is 0.481 e. The lowest BCUT2D eigenvalue weighted by atomic mass is 9.87. The Balaban J connectivity index is 1.91. The fourth-order valence-electron chi connectivity index (χ4n) is 2.92. The maximum Gasteiger partial charge on any atom is 0.306 e. The highest BCUT2D eigenvalue weighted by molar-refractivity contribution is 5.71. The molecule has 84 valence electrons. The monoisotopic (exact) mass is 212 g/mol. The summed E-state index contributed by atoms with van der Waals surface area (Å²) in [4.78, 5) is 22.0. The molecule has 0 aromatic heterocycles. The summed E-state index contributed by atoms with van der Waals surface area (Å²) in [7, 11) is 0. The van der Waals surface area contributed by atoms with Crippen LogP contribution in [0.1, 0.15) is 32.6 Å². The van der Waals surface area contributed by atoms with Gasteiger partial charge in [0, 0.05) is 6.42 Å². The Hall–Kier alpha value is -1.06. The van der Waals surface area contributed by atoms with Crippen LogP contribution in [0.2, 0.25) is 0 Å². The number of carbonyl (C=O) groups excluding carboxylic acids is 1. The molecule has 4 atom stereocenters. The summed E-state index contributed by atoms with van der Waals surface area (Å²) in [6.07, 6.45) is 2.72. The van der Waals surface area contributed by atoms with E-state index >= 15 is 0 Å². The highest BCUT2D eigenvalue weighted by atomic mass is 16.5. The minimum absolute atomic E-state index is 0.0157. The Morgan fingerprint density at radius 3 is 2.47 bits per heavy atom. The van der Waals surface area contributed by atoms with Gasteiger partial charge in [0.05, 0.1) is 5.92 Å². The van der Waals surface area contributed by atoms with E-state index in [1.54, 1.807) is 6.92 Å². The van der Waals surface area contributed by atoms with Gasteiger partial charge >= 0.3 is 11.9 Å². The SMILES string of the molecule is CCC(=O)OC1CC2CC1CC2C(=O)O. The highest BCUT2D eigenvalue weighted by Gasteiger charge is 2.50. The second-order valence-corrected chi connectivity index (χ2v) is 4.55. The summed E-state index contributed by atoms with van der Waals surface area (Å²) in [5, 5.41) is 8.94. The fourth-order valence-corrected chi connectivity index (χ4v) is 2.92. The first-order valence-electron chi connectivity index (χ1n) is 5.54. The molecule has 0 spiro atoms. The third-order valence-corrected chi connectivity index (χ3v) is 3.68. The van der Waals surface area contributed by atoms with Crippen molar-refractivity contribution in [1.82, 2.24) is 0 Å². The molecule has 0 radical (unpaired) electrons. The summed E-state index contributed by atoms with van der Waals surface area (Å²) < 4.78 is 5.29. The molecule has 15 heavy (non-hydrogen) atoms. The first-order chi connectivity index (χ1) is 7.11. The van der Waals surface area contributed by atoms with Crippen LogP contribution in [-0.4, -0.2) is 23.1 Å². The van der Waals surface area contributed by atoms with E-state index < -0.39 is 5.97 Å². The van der Waals surface area contributed by atoms with E-state index in [-0.39, 0.29) is 29.8 Å². The molecule has 4 heteroatoms. The maximum atomic E-state index is 11.1. The van der Waals surface area contributed by atoms with Gasteiger partial charge in [-0.1, -0.05) is 6.92 Å². The first-order valence-corrected chi connectivity index (χ1v) is 5.54. The molecule has 2 aliphatic rings. The minimum Gasteiger partial charge on any atom is -0.481 e. The molecule has 2 fully saturated rings. The zero-order chi connectivity index (χ0) is 11.0. The number of rotatable bonds is 3. The number of hydrogen-bond acceptors (Lipinski definition) is 3. The second-order valence-electron chi connectivity index (χ2n) is 4.55. The summed E-state index contributed by atoms with van der Waals surface area (Å²) in [5.41, 5.74) is 0. The number of aliphatic carboxylic acids is 1. The standard InChI is InChI=1S/C11H16O4/c1-2-10(12)15-9-5-6-3-7(9)4-8(6)11(13)14/h6-9H,2-5H2,1H3,(H,13,14). The zero-order valence-corrected chi connectivity index (χ0v) is 8.81. The van der Waals surface area contributed by atoms with Gasteiger partial charge in [0.15, 0.2) is 0 Å². The average molecular weight is 212 g/mol. The van der Waals surface area contributed by atoms with Crippen LogP contribution in [0.15, 0.2) is 0 Å². The van der Waals surface area contributed by atoms with Crippen molar-refractivity contribution in [3.8, 4) is 0 Å². The van der Waals surface area contributed by atoms with Crippen LogP contribution in [0.5, 0.6) is 0 Å². The van der Waals surface area contributed by atoms with Crippen molar-refractivity contribution in [1.29, 1.82) is 0 Å². The Labute approximate surface area is 88.6 Å². The molecule has 2 aliphatic carbocycles. The molecule has 4 nitrogen and oxygen atoms in total. The van der Waals surface area contributed by atoms with Crippen molar-refractivity contribution in [3.05, 3.63) is 0 Å². The Bertz CT molecular complexity index is 286. The topological polar surface area (TPSA) is 63.6 Å². The molecular weight excluding hydrogens is 196 g/mol. The van der Waals surface area contributed by atoms with Crippen molar-refractivity contribution >= 4 is 11.9 Å². The van der Waals surface area contributed by atoms with Gasteiger partial charge in [-0.15, -0.1) is 0 Å². The van der Waals surface area contributed by atoms with E-state index in [2.05, 4.69) is 0 Å². The zero-order valence-electron chi connectivity index (χ0n) is 8.81. The molecule has 0 heterocycles. The summed E-state index contributed by atoms with van der Waals surface area (Å²) >= 11 is 0. The van der Waals surface area contributed by atoms with Gasteiger partial charge in [-0.3, -0.25) is 9.59 Å². The quantitative estimate of drug-likeness (QED) is 0.719. The molecule has 0 saturated heterocycles. The van der Waals surface area contributed by atoms with Crippen LogP contribution in [-0.2, 0) is 14.3 Å². The number of carbonyl (C=O) groups is 2. The van der Waals surface area contributed by atoms with Crippen molar-refractivity contribution in [2.45, 2.75) is 38.7 Å². The molecule has 2 bridgehead atoms. The van der Waals surface area contributed by atoms with Crippen molar-refractivity contribution in [2.24, 2.45) is 17.8 Å². The molecule has 0 aliphatic heterocycles. The summed E-state index contributed by atoms with van der Waals surface area (Å²) in [6.45, 7) is 1.77. The predicted octanol–water partition coefficient (Wildman–Crippen LogP) is 1.44. The van der Waals surface area contributed by atoms with Crippen LogP contribution >= 0.6 is 0 Å². The molecule has 2 saturated carbocycles. The fraction of sp³-hybridized carbons (Fsp3) is 0.818. The van der Waals surface area contributed by atoms with Gasteiger partial charge in [-0.25, -0.2) is 0 Å². The Kier molecular flexibility index (Phi) is 2.67. The van der Waals surface area contributed by atoms with Gasteiger partial charge in [-0.2, -0.15) is 0 Å². The van der Waals surface area contributed by atoms with Crippen LogP contribution < -0.4 is 0 Å². The lowest BCUT2D eigenvalue weighted by Gasteiger charge is -2.25. The molecule has 0 aromatic rings. The number of carboxylic acid groups (broad SMARTS) is 1. The van der Waals surface area contributed by atoms with Gasteiger partial charge in [-0.05, 0) is 31.1 Å². The van der Waals surface area contributed by atoms with E-state index in [0.29, 0.717) is 12.8 Å². The number of hydrogen-bond donors (Lipinski definition) is 1. The van der Waals surface area contributed by atoms with Gasteiger partial charge in [0.25, 0.3) is 0 Å². The predicted molar refractivity (Wildman–Crippen MR) is 52.1 cm³/mol. The van der Waals surface area contributed by atoms with E-state index in [4.69, 9.17) is 9.84 Å². The normalized spacial score (nSPS) is 37.9. The van der Waals surface area contributed by atoms with Crippen molar-refractivity contribution in [3.63, 3.8) is 0 Å². The highest BCUT2D eigenvalue weighted by Crippen LogP contribution is 2.49. The van der Waals surface area contributed by atoms with E-state index in [1.807, 2.05) is 0 Å². The third-order valence-electron chi connectivity index (χ3n) is 3.68. The van der Waals surface area contributed by atoms with Crippen molar-refractivity contribution < 1.29 is 19.4 Å². The molecule has 0 amide bonds. The van der Waals surface area contributed by atoms with Gasteiger partial charge in [0.1, 0.15) is 6.10 Å². The smallest absolute Gasteiger partial charge is 0.306 e. The maximum absolute atomic E-state index is 11.1. The lowest BCUT2D eigenvalue weighted by Crippen LogP contribution is -2.30. The molecule has 2 rings (SSSR count). The molecule has 1 N–H and O–H groups in total. The van der Waals surface area contributed by atoms with E-state index in [0.717, 1.165) is 12.8 Å². The van der Waals surface area contributed by atoms with Crippen molar-refractivity contribution in [2.75, 3.05) is 0 Å². The van der Waals surface area contributed by atoms with E-state index in [1.165, 1.54) is 0 Å². The summed E-state index contributed by atoms with van der Waals surface area (Å²) in [6, 6.07) is 0. The second kappa shape index (κ2) is 3.83. The number of esters is 1. The minimum atomic E-state index is -0.692. The number of ether oxygens (including phenoxy) is 1. The average Bonchev–Trinajstić information content (AvgIpc) is 2.76. The van der Waals surface area contributed by atoms with Crippen LogP contribution in [0, 0.1) is 17.8 Å². The molecule has 0 aromatic carbocycles. The Morgan fingerprint density at radius 1 is 1.27 bits per heavy atom. The number of fused-ring (bicyclic) bond motifs is 2. The van der Waals surface area contributed by atoms with Crippen LogP contribution in [0.3, 0.4) is 0 Å². The Morgan fingerprint density at radius 2 is 2.00 bits per heavy atom. The van der Waals surface area contributed by atoms with Crippen LogP contribution in [0.25, 0.3) is 0 Å². The van der Waals surface area contributed by atoms with E-state index in [9.17, 15) is 9.59 Å². The third kappa shape index (κ3) is 1.85. The number of carboxylic acids is 1. The van der Waals surface area contributed by atoms with Gasteiger partial charge < -0.3 is 9.84 Å². The molecular formula is C11H16O4. The lowest BCUT2D eigenvalue weighted by molar-refractivity contribution is -0.153. The summed E-state index contributed by atoms with van der Waals surface area (Å²) in [5.74, 6) is -0.553. The van der Waals surface area contributed by atoms with Crippen LogP contribution in [0.4, 0.5) is 0 Å². The van der Waals surface area contributed by atoms with Gasteiger partial charge in [0.2, 0.25) is 0 Å². The first kappa shape index (κ1) is 10.5.